The zero-order valence-electron chi connectivity index (χ0n) is 8.75. The van der Waals surface area contributed by atoms with Crippen LogP contribution in [0.1, 0.15) is 26.5 Å². The van der Waals surface area contributed by atoms with Crippen LogP contribution in [0.25, 0.3) is 0 Å². The van der Waals surface area contributed by atoms with Crippen molar-refractivity contribution in [1.29, 1.82) is 0 Å². The Balaban J connectivity index is 2.91. The number of rotatable bonds is 0. The Labute approximate surface area is 81.7 Å². The first-order valence-corrected chi connectivity index (χ1v) is 4.31. The molecule has 0 amide bonds. The van der Waals surface area contributed by atoms with Crippen LogP contribution < -0.4 is 5.56 Å². The van der Waals surface area contributed by atoms with E-state index in [4.69, 9.17) is 4.74 Å². The van der Waals surface area contributed by atoms with Crippen LogP contribution >= 0.6 is 0 Å². The zero-order valence-corrected chi connectivity index (χ0v) is 8.75. The van der Waals surface area contributed by atoms with Crippen LogP contribution in [0.3, 0.4) is 0 Å². The smallest absolute Gasteiger partial charge is 0.436 e. The molecule has 0 fully saturated rings. The summed E-state index contributed by atoms with van der Waals surface area (Å²) in [4.78, 5) is 22.6. The Hall–Kier alpha value is -1.52. The highest BCUT2D eigenvalue weighted by atomic mass is 16.6. The number of aryl methyl sites for hydroxylation is 1. The van der Waals surface area contributed by atoms with Crippen LogP contribution in [0.15, 0.2) is 10.9 Å². The molecule has 1 aromatic rings. The largest absolute Gasteiger partial charge is 0.442 e. The molecule has 0 radical (unpaired) electrons. The molecule has 0 aliphatic carbocycles. The van der Waals surface area contributed by atoms with Crippen molar-refractivity contribution in [3.05, 3.63) is 22.1 Å². The third kappa shape index (κ3) is 2.48. The second-order valence-electron chi connectivity index (χ2n) is 4.09. The Morgan fingerprint density at radius 1 is 1.50 bits per heavy atom. The average Bonchev–Trinajstić information content (AvgIpc) is 2.26. The molecule has 1 rings (SSSR count). The molecule has 0 aliphatic rings. The molecule has 0 saturated heterocycles. The molecule has 0 bridgehead atoms. The molecule has 0 saturated carbocycles. The van der Waals surface area contributed by atoms with Crippen molar-refractivity contribution in [1.82, 2.24) is 9.78 Å². The number of hydrogen-bond donors (Lipinski definition) is 1. The van der Waals surface area contributed by atoms with Gasteiger partial charge in [0, 0.05) is 11.8 Å². The molecule has 0 spiro atoms. The molecular formula is C9H14N2O3. The van der Waals surface area contributed by atoms with Gasteiger partial charge in [-0.2, -0.15) is 4.68 Å². The highest BCUT2D eigenvalue weighted by Gasteiger charge is 2.19. The maximum absolute atomic E-state index is 11.4. The van der Waals surface area contributed by atoms with Gasteiger partial charge in [0.05, 0.1) is 0 Å². The lowest BCUT2D eigenvalue weighted by atomic mass is 10.2. The summed E-state index contributed by atoms with van der Waals surface area (Å²) in [5.74, 6) is 0. The van der Waals surface area contributed by atoms with Crippen molar-refractivity contribution < 1.29 is 9.53 Å². The van der Waals surface area contributed by atoms with E-state index in [0.29, 0.717) is 5.69 Å². The monoisotopic (exact) mass is 198 g/mol. The Bertz CT molecular complexity index is 395. The molecule has 1 heterocycles. The van der Waals surface area contributed by atoms with Gasteiger partial charge < -0.3 is 4.74 Å². The second-order valence-corrected chi connectivity index (χ2v) is 4.09. The van der Waals surface area contributed by atoms with E-state index in [1.54, 1.807) is 27.7 Å². The minimum absolute atomic E-state index is 0.406. The minimum atomic E-state index is -0.685. The summed E-state index contributed by atoms with van der Waals surface area (Å²) < 4.78 is 5.86. The molecular weight excluding hydrogens is 184 g/mol. The maximum Gasteiger partial charge on any atom is 0.436 e. The van der Waals surface area contributed by atoms with Gasteiger partial charge in [-0.1, -0.05) is 0 Å². The summed E-state index contributed by atoms with van der Waals surface area (Å²) in [5.41, 5.74) is -0.382. The molecule has 1 aromatic heterocycles. The van der Waals surface area contributed by atoms with Crippen molar-refractivity contribution in [2.75, 3.05) is 0 Å². The van der Waals surface area contributed by atoms with Gasteiger partial charge >= 0.3 is 6.09 Å². The normalized spacial score (nSPS) is 11.4. The summed E-state index contributed by atoms with van der Waals surface area (Å²) >= 11 is 0. The van der Waals surface area contributed by atoms with Crippen LogP contribution in [0.5, 0.6) is 0 Å². The fraction of sp³-hybridized carbons (Fsp3) is 0.556. The SMILES string of the molecule is Cc1cc(=O)n(C(=O)OC(C)(C)C)[nH]1. The van der Waals surface area contributed by atoms with Gasteiger partial charge in [-0.05, 0) is 27.7 Å². The first-order valence-electron chi connectivity index (χ1n) is 4.31. The number of carbonyl (C=O) groups excluding carboxylic acids is 1. The van der Waals surface area contributed by atoms with Gasteiger partial charge in [0.2, 0.25) is 0 Å². The third-order valence-corrected chi connectivity index (χ3v) is 1.42. The van der Waals surface area contributed by atoms with E-state index < -0.39 is 17.3 Å². The molecule has 5 nitrogen and oxygen atoms in total. The molecule has 5 heteroatoms. The van der Waals surface area contributed by atoms with Gasteiger partial charge in [0.1, 0.15) is 5.60 Å². The van der Waals surface area contributed by atoms with Gasteiger partial charge in [-0.3, -0.25) is 9.89 Å². The van der Waals surface area contributed by atoms with Crippen molar-refractivity contribution in [3.63, 3.8) is 0 Å². The molecule has 1 N–H and O–H groups in total. The summed E-state index contributed by atoms with van der Waals surface area (Å²) in [5, 5.41) is 2.60. The number of aromatic nitrogens is 2. The molecule has 78 valence electrons. The first-order chi connectivity index (χ1) is 6.29. The van der Waals surface area contributed by atoms with E-state index in [1.165, 1.54) is 6.07 Å². The number of nitrogens with zero attached hydrogens (tertiary/aromatic N) is 1. The lowest BCUT2D eigenvalue weighted by Crippen LogP contribution is -2.32. The van der Waals surface area contributed by atoms with E-state index in [9.17, 15) is 9.59 Å². The molecule has 0 atom stereocenters. The maximum atomic E-state index is 11.4. The molecule has 14 heavy (non-hydrogen) atoms. The number of hydrogen-bond acceptors (Lipinski definition) is 3. The van der Waals surface area contributed by atoms with Gasteiger partial charge in [-0.15, -0.1) is 0 Å². The van der Waals surface area contributed by atoms with Crippen molar-refractivity contribution in [2.45, 2.75) is 33.3 Å². The standard InChI is InChI=1S/C9H14N2O3/c1-6-5-7(12)11(10-6)8(13)14-9(2,3)4/h5,10H,1-4H3. The van der Waals surface area contributed by atoms with E-state index in [0.717, 1.165) is 4.68 Å². The fourth-order valence-corrected chi connectivity index (χ4v) is 0.957. The van der Waals surface area contributed by atoms with Crippen LogP contribution in [-0.4, -0.2) is 21.5 Å². The highest BCUT2D eigenvalue weighted by Crippen LogP contribution is 2.07. The third-order valence-electron chi connectivity index (χ3n) is 1.42. The predicted molar refractivity (Wildman–Crippen MR) is 51.4 cm³/mol. The summed E-state index contributed by atoms with van der Waals surface area (Å²) in [6, 6.07) is 1.34. The topological polar surface area (TPSA) is 64.1 Å². The number of nitrogens with one attached hydrogen (secondary N) is 1. The first kappa shape index (κ1) is 10.6. The van der Waals surface area contributed by atoms with Gasteiger partial charge in [-0.25, -0.2) is 4.79 Å². The Morgan fingerprint density at radius 3 is 2.43 bits per heavy atom. The highest BCUT2D eigenvalue weighted by molar-refractivity contribution is 5.69. The lowest BCUT2D eigenvalue weighted by Gasteiger charge is -2.18. The fourth-order valence-electron chi connectivity index (χ4n) is 0.957. The molecule has 0 aromatic carbocycles. The Morgan fingerprint density at radius 2 is 2.07 bits per heavy atom. The minimum Gasteiger partial charge on any atom is -0.442 e. The average molecular weight is 198 g/mol. The van der Waals surface area contributed by atoms with Crippen molar-refractivity contribution in [2.24, 2.45) is 0 Å². The quantitative estimate of drug-likeness (QED) is 0.682. The van der Waals surface area contributed by atoms with Crippen LogP contribution in [-0.2, 0) is 4.74 Å². The van der Waals surface area contributed by atoms with E-state index in [-0.39, 0.29) is 0 Å². The summed E-state index contributed by atoms with van der Waals surface area (Å²) in [6.07, 6.45) is -0.685. The summed E-state index contributed by atoms with van der Waals surface area (Å²) in [6.45, 7) is 6.92. The van der Waals surface area contributed by atoms with Crippen LogP contribution in [0.4, 0.5) is 4.79 Å². The van der Waals surface area contributed by atoms with Crippen LogP contribution in [0.2, 0.25) is 0 Å². The van der Waals surface area contributed by atoms with E-state index >= 15 is 0 Å². The Kier molecular flexibility index (Phi) is 2.51. The number of ether oxygens (including phenoxy) is 1. The van der Waals surface area contributed by atoms with Crippen molar-refractivity contribution in [3.8, 4) is 0 Å². The van der Waals surface area contributed by atoms with Crippen LogP contribution in [0, 0.1) is 6.92 Å². The van der Waals surface area contributed by atoms with E-state index in [1.807, 2.05) is 0 Å². The van der Waals surface area contributed by atoms with Gasteiger partial charge in [0.15, 0.2) is 0 Å². The second kappa shape index (κ2) is 3.32. The number of carbonyl (C=O) groups is 1. The lowest BCUT2D eigenvalue weighted by molar-refractivity contribution is 0.0508. The van der Waals surface area contributed by atoms with Crippen molar-refractivity contribution >= 4 is 6.09 Å². The summed E-state index contributed by atoms with van der Waals surface area (Å²) in [7, 11) is 0. The molecule has 0 aliphatic heterocycles. The van der Waals surface area contributed by atoms with E-state index in [2.05, 4.69) is 5.10 Å². The zero-order chi connectivity index (χ0) is 10.9. The van der Waals surface area contributed by atoms with Gasteiger partial charge in [0.25, 0.3) is 5.56 Å². The number of H-pyrrole nitrogens is 1. The number of aromatic amines is 1. The predicted octanol–water partition coefficient (Wildman–Crippen LogP) is 1.27. The molecule has 0 unspecified atom stereocenters.